The topological polar surface area (TPSA) is 79.8 Å². The van der Waals surface area contributed by atoms with E-state index in [4.69, 9.17) is 9.47 Å². The molecule has 4 rings (SSSR count). The predicted octanol–water partition coefficient (Wildman–Crippen LogP) is 5.22. The van der Waals surface area contributed by atoms with Gasteiger partial charge in [0.1, 0.15) is 0 Å². The van der Waals surface area contributed by atoms with Gasteiger partial charge in [-0.15, -0.1) is 0 Å². The third-order valence-electron chi connectivity index (χ3n) is 8.90. The van der Waals surface area contributed by atoms with Crippen molar-refractivity contribution in [1.29, 1.82) is 0 Å². The summed E-state index contributed by atoms with van der Waals surface area (Å²) in [6.45, 7) is 10.2. The Morgan fingerprint density at radius 1 is 1.22 bits per heavy atom. The van der Waals surface area contributed by atoms with Gasteiger partial charge in [-0.2, -0.15) is 0 Å². The molecule has 0 bridgehead atoms. The molecule has 1 fully saturated rings. The van der Waals surface area contributed by atoms with Gasteiger partial charge in [0.05, 0.1) is 25.4 Å². The smallest absolute Gasteiger partial charge is 0.216 e. The number of carbonyl (C=O) groups is 1. The molecule has 1 aliphatic heterocycles. The summed E-state index contributed by atoms with van der Waals surface area (Å²) in [6, 6.07) is 0. The van der Waals surface area contributed by atoms with Crippen molar-refractivity contribution in [3.8, 4) is 0 Å². The van der Waals surface area contributed by atoms with Crippen LogP contribution in [0.5, 0.6) is 0 Å². The molecule has 1 saturated heterocycles. The summed E-state index contributed by atoms with van der Waals surface area (Å²) in [5.74, 6) is 1.65. The highest BCUT2D eigenvalue weighted by Crippen LogP contribution is 2.42. The molecule has 3 aliphatic carbocycles. The SMILES string of the molecule is COCC(C)COCC1=CCC(=CC2(O)CCNCC2C2=C(C)CC(C3C=CC=CC3CCNC(C)=O)C=C2)C=C1. The van der Waals surface area contributed by atoms with Crippen LogP contribution < -0.4 is 10.6 Å². The molecular formula is C35H50N2O4. The first-order chi connectivity index (χ1) is 19.8. The highest BCUT2D eigenvalue weighted by atomic mass is 16.5. The Morgan fingerprint density at radius 3 is 2.78 bits per heavy atom. The van der Waals surface area contributed by atoms with Crippen LogP contribution in [0.3, 0.4) is 0 Å². The van der Waals surface area contributed by atoms with Gasteiger partial charge < -0.3 is 25.2 Å². The predicted molar refractivity (Wildman–Crippen MR) is 166 cm³/mol. The molecule has 6 heteroatoms. The van der Waals surface area contributed by atoms with Crippen LogP contribution >= 0.6 is 0 Å². The van der Waals surface area contributed by atoms with Gasteiger partial charge in [-0.25, -0.2) is 0 Å². The Balaban J connectivity index is 1.39. The highest BCUT2D eigenvalue weighted by molar-refractivity contribution is 5.72. The second kappa shape index (κ2) is 15.1. The van der Waals surface area contributed by atoms with Crippen LogP contribution in [0.1, 0.15) is 46.5 Å². The van der Waals surface area contributed by atoms with E-state index >= 15 is 0 Å². The first kappa shape index (κ1) is 31.4. The van der Waals surface area contributed by atoms with Crippen LogP contribution in [-0.4, -0.2) is 63.2 Å². The average Bonchev–Trinajstić information content (AvgIpc) is 2.95. The molecule has 1 amide bonds. The molecule has 0 aromatic rings. The quantitative estimate of drug-likeness (QED) is 0.304. The number of allylic oxidation sites excluding steroid dienone is 10. The molecule has 6 nitrogen and oxygen atoms in total. The zero-order chi connectivity index (χ0) is 29.2. The second-order valence-electron chi connectivity index (χ2n) is 12.4. The van der Waals surface area contributed by atoms with E-state index < -0.39 is 5.60 Å². The number of piperidine rings is 1. The standard InChI is InChI=1S/C35H50N2O4/c1-25(22-40-4)23-41-24-29-11-9-28(10-12-29)20-35(39)16-18-36-21-34(35)32-14-13-31(19-26(32)2)33-8-6-5-7-30(33)15-17-37-27(3)38/h5-9,11-14,20,25,30-31,33-34,36,39H,10,15-19,21-24H2,1-4H3,(H,37,38). The third kappa shape index (κ3) is 8.74. The Kier molecular flexibility index (Phi) is 11.6. The molecule has 6 atom stereocenters. The van der Waals surface area contributed by atoms with Gasteiger partial charge in [-0.1, -0.05) is 67.2 Å². The van der Waals surface area contributed by atoms with Crippen LogP contribution in [0, 0.1) is 29.6 Å². The van der Waals surface area contributed by atoms with E-state index in [1.54, 1.807) is 14.0 Å². The van der Waals surface area contributed by atoms with Crippen molar-refractivity contribution in [2.45, 2.75) is 52.1 Å². The molecule has 4 aliphatic rings. The average molecular weight is 563 g/mol. The number of rotatable bonds is 12. The molecule has 0 radical (unpaired) electrons. The van der Waals surface area contributed by atoms with E-state index in [2.05, 4.69) is 85.2 Å². The van der Waals surface area contributed by atoms with Crippen LogP contribution in [0.2, 0.25) is 0 Å². The summed E-state index contributed by atoms with van der Waals surface area (Å²) in [6.07, 6.45) is 25.6. The van der Waals surface area contributed by atoms with E-state index in [0.29, 0.717) is 56.5 Å². The Bertz CT molecular complexity index is 1130. The summed E-state index contributed by atoms with van der Waals surface area (Å²) in [5.41, 5.74) is 4.10. The largest absolute Gasteiger partial charge is 0.385 e. The van der Waals surface area contributed by atoms with Crippen molar-refractivity contribution in [2.24, 2.45) is 29.6 Å². The summed E-state index contributed by atoms with van der Waals surface area (Å²) >= 11 is 0. The zero-order valence-corrected chi connectivity index (χ0v) is 25.4. The van der Waals surface area contributed by atoms with Gasteiger partial charge in [0.15, 0.2) is 0 Å². The molecule has 41 heavy (non-hydrogen) atoms. The number of ether oxygens (including phenoxy) is 2. The highest BCUT2D eigenvalue weighted by Gasteiger charge is 2.40. The zero-order valence-electron chi connectivity index (χ0n) is 25.4. The number of carbonyl (C=O) groups excluding carboxylic acids is 1. The van der Waals surface area contributed by atoms with Gasteiger partial charge in [0.25, 0.3) is 0 Å². The van der Waals surface area contributed by atoms with Crippen LogP contribution in [0.25, 0.3) is 0 Å². The lowest BCUT2D eigenvalue weighted by Gasteiger charge is -2.42. The lowest BCUT2D eigenvalue weighted by molar-refractivity contribution is -0.119. The monoisotopic (exact) mass is 562 g/mol. The molecule has 0 aromatic heterocycles. The molecule has 6 unspecified atom stereocenters. The van der Waals surface area contributed by atoms with Crippen molar-refractivity contribution < 1.29 is 19.4 Å². The lowest BCUT2D eigenvalue weighted by Crippen LogP contribution is -2.50. The van der Waals surface area contributed by atoms with Crippen molar-refractivity contribution >= 4 is 5.91 Å². The Labute approximate surface area is 247 Å². The first-order valence-corrected chi connectivity index (χ1v) is 15.3. The molecular weight excluding hydrogens is 512 g/mol. The summed E-state index contributed by atoms with van der Waals surface area (Å²) in [4.78, 5) is 11.4. The van der Waals surface area contributed by atoms with Gasteiger partial charge >= 0.3 is 0 Å². The number of nitrogens with one attached hydrogen (secondary N) is 2. The van der Waals surface area contributed by atoms with Crippen LogP contribution in [-0.2, 0) is 14.3 Å². The maximum Gasteiger partial charge on any atom is 0.216 e. The van der Waals surface area contributed by atoms with E-state index in [9.17, 15) is 9.90 Å². The minimum absolute atomic E-state index is 0.0164. The van der Waals surface area contributed by atoms with Gasteiger partial charge in [0.2, 0.25) is 5.91 Å². The number of hydrogen-bond acceptors (Lipinski definition) is 5. The fourth-order valence-corrected chi connectivity index (χ4v) is 6.70. The minimum atomic E-state index is -0.884. The number of amides is 1. The maximum atomic E-state index is 12.0. The van der Waals surface area contributed by atoms with Crippen molar-refractivity contribution in [3.63, 3.8) is 0 Å². The maximum absolute atomic E-state index is 12.0. The molecule has 3 N–H and O–H groups in total. The fourth-order valence-electron chi connectivity index (χ4n) is 6.70. The van der Waals surface area contributed by atoms with Crippen molar-refractivity contribution in [2.75, 3.05) is 46.6 Å². The Morgan fingerprint density at radius 2 is 2.05 bits per heavy atom. The summed E-state index contributed by atoms with van der Waals surface area (Å²) in [5, 5.41) is 18.5. The molecule has 0 spiro atoms. The van der Waals surface area contributed by atoms with Gasteiger partial charge in [-0.05, 0) is 79.7 Å². The lowest BCUT2D eigenvalue weighted by atomic mass is 9.69. The number of methoxy groups -OCH3 is 1. The molecule has 0 aromatic carbocycles. The van der Waals surface area contributed by atoms with E-state index in [-0.39, 0.29) is 11.8 Å². The van der Waals surface area contributed by atoms with Gasteiger partial charge in [0, 0.05) is 39.0 Å². The Hall–Kier alpha value is -2.51. The van der Waals surface area contributed by atoms with E-state index in [1.165, 1.54) is 16.7 Å². The second-order valence-corrected chi connectivity index (χ2v) is 12.4. The number of hydrogen-bond donors (Lipinski definition) is 3. The van der Waals surface area contributed by atoms with Crippen LogP contribution in [0.4, 0.5) is 0 Å². The fraction of sp³-hybridized carbons (Fsp3) is 0.571. The molecule has 1 heterocycles. The number of aliphatic hydroxyl groups is 1. The summed E-state index contributed by atoms with van der Waals surface area (Å²) in [7, 11) is 1.72. The van der Waals surface area contributed by atoms with Crippen LogP contribution in [0.15, 0.2) is 83.1 Å². The first-order valence-electron chi connectivity index (χ1n) is 15.3. The normalized spacial score (nSPS) is 31.4. The third-order valence-corrected chi connectivity index (χ3v) is 8.90. The molecule has 224 valence electrons. The van der Waals surface area contributed by atoms with Crippen molar-refractivity contribution in [3.05, 3.63) is 83.1 Å². The van der Waals surface area contributed by atoms with E-state index in [1.807, 2.05) is 0 Å². The minimum Gasteiger partial charge on any atom is -0.385 e. The summed E-state index contributed by atoms with van der Waals surface area (Å²) < 4.78 is 11.1. The van der Waals surface area contributed by atoms with Gasteiger partial charge in [-0.3, -0.25) is 4.79 Å². The molecule has 0 saturated carbocycles. The van der Waals surface area contributed by atoms with E-state index in [0.717, 1.165) is 37.9 Å². The van der Waals surface area contributed by atoms with Crippen molar-refractivity contribution in [1.82, 2.24) is 10.6 Å².